The van der Waals surface area contributed by atoms with Crippen molar-refractivity contribution in [1.29, 1.82) is 0 Å². The van der Waals surface area contributed by atoms with E-state index in [2.05, 4.69) is 0 Å². The summed E-state index contributed by atoms with van der Waals surface area (Å²) in [6, 6.07) is 7.65. The van der Waals surface area contributed by atoms with E-state index in [4.69, 9.17) is 13.8 Å². The monoisotopic (exact) mass is 272 g/mol. The van der Waals surface area contributed by atoms with E-state index in [9.17, 15) is 4.57 Å². The molecule has 1 atom stereocenters. The number of methoxy groups -OCH3 is 1. The molecule has 0 bridgehead atoms. The number of rotatable bonds is 7. The van der Waals surface area contributed by atoms with Crippen LogP contribution in [-0.4, -0.2) is 20.3 Å². The lowest BCUT2D eigenvalue weighted by molar-refractivity contribution is 0.109. The molecule has 0 spiro atoms. The molecule has 4 nitrogen and oxygen atoms in total. The molecule has 0 fully saturated rings. The van der Waals surface area contributed by atoms with Gasteiger partial charge in [-0.05, 0) is 31.9 Å². The smallest absolute Gasteiger partial charge is 0.363 e. The molecule has 0 aliphatic carbocycles. The molecule has 0 aliphatic heterocycles. The van der Waals surface area contributed by atoms with Crippen LogP contribution in [0.3, 0.4) is 0 Å². The largest absolute Gasteiger partial charge is 0.364 e. The summed E-state index contributed by atoms with van der Waals surface area (Å²) < 4.78 is 28.8. The highest BCUT2D eigenvalue weighted by molar-refractivity contribution is 7.54. The van der Waals surface area contributed by atoms with Crippen LogP contribution in [-0.2, 0) is 18.3 Å². The van der Waals surface area contributed by atoms with E-state index in [-0.39, 0.29) is 0 Å². The van der Waals surface area contributed by atoms with Crippen LogP contribution in [0.4, 0.5) is 0 Å². The van der Waals surface area contributed by atoms with E-state index in [0.717, 1.165) is 11.1 Å². The van der Waals surface area contributed by atoms with Gasteiger partial charge in [0.05, 0.1) is 13.2 Å². The van der Waals surface area contributed by atoms with E-state index < -0.39 is 13.4 Å². The lowest BCUT2D eigenvalue weighted by atomic mass is 10.1. The van der Waals surface area contributed by atoms with Crippen molar-refractivity contribution < 1.29 is 18.3 Å². The van der Waals surface area contributed by atoms with Crippen LogP contribution in [0.25, 0.3) is 0 Å². The van der Waals surface area contributed by atoms with E-state index in [0.29, 0.717) is 13.2 Å². The van der Waals surface area contributed by atoms with Gasteiger partial charge in [0.2, 0.25) is 0 Å². The first-order chi connectivity index (χ1) is 8.59. The molecule has 0 radical (unpaired) electrons. The van der Waals surface area contributed by atoms with Crippen LogP contribution < -0.4 is 0 Å². The fraction of sp³-hybridized carbons (Fsp3) is 0.538. The minimum atomic E-state index is -3.30. The minimum absolute atomic E-state index is 0.322. The van der Waals surface area contributed by atoms with Crippen molar-refractivity contribution >= 4 is 7.60 Å². The maximum Gasteiger partial charge on any atom is 0.363 e. The molecule has 1 unspecified atom stereocenters. The Bertz CT molecular complexity index is 409. The van der Waals surface area contributed by atoms with Crippen LogP contribution in [0.2, 0.25) is 0 Å². The van der Waals surface area contributed by atoms with Gasteiger partial charge in [-0.25, -0.2) is 0 Å². The van der Waals surface area contributed by atoms with Gasteiger partial charge in [-0.15, -0.1) is 0 Å². The first-order valence-electron chi connectivity index (χ1n) is 6.06. The summed E-state index contributed by atoms with van der Waals surface area (Å²) in [7, 11) is -1.78. The first kappa shape index (κ1) is 15.4. The molecule has 5 heteroatoms. The molecular weight excluding hydrogens is 251 g/mol. The first-order valence-corrected chi connectivity index (χ1v) is 7.67. The van der Waals surface area contributed by atoms with Crippen LogP contribution in [0.15, 0.2) is 24.3 Å². The van der Waals surface area contributed by atoms with Crippen molar-refractivity contribution in [2.45, 2.75) is 26.6 Å². The predicted octanol–water partition coefficient (Wildman–Crippen LogP) is 3.91. The zero-order valence-corrected chi connectivity index (χ0v) is 12.3. The molecule has 102 valence electrons. The Morgan fingerprint density at radius 3 is 2.17 bits per heavy atom. The summed E-state index contributed by atoms with van der Waals surface area (Å²) in [5.41, 5.74) is 1.84. The number of aryl methyl sites for hydroxylation is 1. The van der Waals surface area contributed by atoms with Crippen LogP contribution in [0.1, 0.15) is 30.8 Å². The Hall–Kier alpha value is -0.670. The normalized spacial score (nSPS) is 13.6. The lowest BCUT2D eigenvalue weighted by Gasteiger charge is -2.26. The zero-order valence-electron chi connectivity index (χ0n) is 11.4. The molecule has 0 aliphatic rings. The van der Waals surface area contributed by atoms with Crippen LogP contribution in [0.5, 0.6) is 0 Å². The fourth-order valence-corrected chi connectivity index (χ4v) is 3.78. The summed E-state index contributed by atoms with van der Waals surface area (Å²) in [5, 5.41) is 0. The summed E-state index contributed by atoms with van der Waals surface area (Å²) in [4.78, 5) is 0. The van der Waals surface area contributed by atoms with Crippen molar-refractivity contribution in [3.8, 4) is 0 Å². The maximum atomic E-state index is 12.7. The molecule has 1 aromatic carbocycles. The Kier molecular flexibility index (Phi) is 6.03. The van der Waals surface area contributed by atoms with Crippen molar-refractivity contribution in [1.82, 2.24) is 0 Å². The van der Waals surface area contributed by atoms with Gasteiger partial charge in [0, 0.05) is 7.11 Å². The number of hydrogen-bond donors (Lipinski definition) is 0. The fourth-order valence-electron chi connectivity index (χ4n) is 1.82. The lowest BCUT2D eigenvalue weighted by Crippen LogP contribution is -2.09. The second kappa shape index (κ2) is 7.05. The van der Waals surface area contributed by atoms with Gasteiger partial charge in [0.15, 0.2) is 5.85 Å². The highest BCUT2D eigenvalue weighted by Crippen LogP contribution is 2.61. The topological polar surface area (TPSA) is 44.8 Å². The Balaban J connectivity index is 3.14. The standard InChI is InChI=1S/C13H21O4P/c1-5-16-18(14,17-6-2)13(15-4)12-10-8-7-9-11(12)3/h7-10,13H,5-6H2,1-4H3. The van der Waals surface area contributed by atoms with Gasteiger partial charge in [0.25, 0.3) is 0 Å². The second-order valence-electron chi connectivity index (χ2n) is 3.82. The van der Waals surface area contributed by atoms with Gasteiger partial charge in [-0.2, -0.15) is 0 Å². The molecule has 1 rings (SSSR count). The average molecular weight is 272 g/mol. The third kappa shape index (κ3) is 3.42. The Morgan fingerprint density at radius 2 is 1.72 bits per heavy atom. The highest BCUT2D eigenvalue weighted by atomic mass is 31.2. The predicted molar refractivity (Wildman–Crippen MR) is 71.8 cm³/mol. The van der Waals surface area contributed by atoms with Crippen molar-refractivity contribution in [3.63, 3.8) is 0 Å². The highest BCUT2D eigenvalue weighted by Gasteiger charge is 2.37. The van der Waals surface area contributed by atoms with E-state index in [1.165, 1.54) is 7.11 Å². The quantitative estimate of drug-likeness (QED) is 0.706. The maximum absolute atomic E-state index is 12.7. The Labute approximate surface area is 109 Å². The second-order valence-corrected chi connectivity index (χ2v) is 5.89. The van der Waals surface area contributed by atoms with Crippen molar-refractivity contribution in [2.24, 2.45) is 0 Å². The Morgan fingerprint density at radius 1 is 1.17 bits per heavy atom. The average Bonchev–Trinajstić information content (AvgIpc) is 2.33. The van der Waals surface area contributed by atoms with Crippen LogP contribution in [0, 0.1) is 6.92 Å². The molecule has 0 N–H and O–H groups in total. The molecule has 0 heterocycles. The summed E-state index contributed by atoms with van der Waals surface area (Å²) in [5.74, 6) is -0.682. The van der Waals surface area contributed by atoms with Gasteiger partial charge in [0.1, 0.15) is 0 Å². The molecular formula is C13H21O4P. The molecule has 0 saturated heterocycles. The molecule has 1 aromatic rings. The summed E-state index contributed by atoms with van der Waals surface area (Å²) in [6.45, 7) is 6.17. The van der Waals surface area contributed by atoms with E-state index >= 15 is 0 Å². The van der Waals surface area contributed by atoms with Gasteiger partial charge in [-0.3, -0.25) is 4.57 Å². The number of hydrogen-bond acceptors (Lipinski definition) is 4. The number of ether oxygens (including phenoxy) is 1. The van der Waals surface area contributed by atoms with E-state index in [1.54, 1.807) is 13.8 Å². The van der Waals surface area contributed by atoms with Gasteiger partial charge < -0.3 is 13.8 Å². The molecule has 0 amide bonds. The van der Waals surface area contributed by atoms with Gasteiger partial charge >= 0.3 is 7.60 Å². The zero-order chi connectivity index (χ0) is 13.6. The third-order valence-corrected chi connectivity index (χ3v) is 4.88. The van der Waals surface area contributed by atoms with Gasteiger partial charge in [-0.1, -0.05) is 24.3 Å². The number of benzene rings is 1. The molecule has 18 heavy (non-hydrogen) atoms. The summed E-state index contributed by atoms with van der Waals surface area (Å²) >= 11 is 0. The molecule has 0 aromatic heterocycles. The minimum Gasteiger partial charge on any atom is -0.364 e. The van der Waals surface area contributed by atoms with E-state index in [1.807, 2.05) is 31.2 Å². The summed E-state index contributed by atoms with van der Waals surface area (Å²) in [6.07, 6.45) is 0. The van der Waals surface area contributed by atoms with Crippen molar-refractivity contribution in [3.05, 3.63) is 35.4 Å². The SMILES string of the molecule is CCOP(=O)(OCC)C(OC)c1ccccc1C. The third-order valence-electron chi connectivity index (χ3n) is 2.58. The van der Waals surface area contributed by atoms with Crippen LogP contribution >= 0.6 is 7.60 Å². The molecule has 0 saturated carbocycles. The van der Waals surface area contributed by atoms with Crippen molar-refractivity contribution in [2.75, 3.05) is 20.3 Å².